The molecule has 2 aromatic rings. The largest absolute Gasteiger partial charge is 0.326 e. The molecule has 0 saturated heterocycles. The maximum absolute atomic E-state index is 12.1. The fourth-order valence-corrected chi connectivity index (χ4v) is 3.12. The van der Waals surface area contributed by atoms with Gasteiger partial charge in [0, 0.05) is 24.1 Å². The lowest BCUT2D eigenvalue weighted by atomic mass is 10.0. The summed E-state index contributed by atoms with van der Waals surface area (Å²) < 4.78 is 0. The van der Waals surface area contributed by atoms with Gasteiger partial charge in [-0.05, 0) is 35.2 Å². The zero-order valence-corrected chi connectivity index (χ0v) is 15.7. The standard InChI is InChI=1S/C20H24N2O2S/c1-14(2)17-9-7-16(8-10-17)12-25-13-20(24)22-19-6-4-5-18(11-19)21-15(3)23/h4-11,14H,12-13H2,1-3H3,(H,21,23)(H,22,24). The molecule has 0 atom stereocenters. The average Bonchev–Trinajstić information content (AvgIpc) is 2.55. The first-order valence-corrected chi connectivity index (χ1v) is 9.43. The Hall–Kier alpha value is -2.27. The maximum atomic E-state index is 12.1. The minimum Gasteiger partial charge on any atom is -0.326 e. The van der Waals surface area contributed by atoms with E-state index < -0.39 is 0 Å². The van der Waals surface area contributed by atoms with Crippen molar-refractivity contribution in [1.82, 2.24) is 0 Å². The van der Waals surface area contributed by atoms with Crippen LogP contribution < -0.4 is 10.6 Å². The van der Waals surface area contributed by atoms with E-state index in [4.69, 9.17) is 0 Å². The third-order valence-electron chi connectivity index (χ3n) is 3.61. The molecule has 2 amide bonds. The Morgan fingerprint density at radius 1 is 1.00 bits per heavy atom. The molecule has 0 aromatic heterocycles. The number of thioether (sulfide) groups is 1. The van der Waals surface area contributed by atoms with E-state index >= 15 is 0 Å². The minimum absolute atomic E-state index is 0.0521. The molecule has 2 N–H and O–H groups in total. The van der Waals surface area contributed by atoms with Crippen LogP contribution in [-0.2, 0) is 15.3 Å². The SMILES string of the molecule is CC(=O)Nc1cccc(NC(=O)CSCc2ccc(C(C)C)cc2)c1. The Balaban J connectivity index is 1.79. The van der Waals surface area contributed by atoms with Gasteiger partial charge in [-0.25, -0.2) is 0 Å². The van der Waals surface area contributed by atoms with Crippen LogP contribution in [-0.4, -0.2) is 17.6 Å². The second kappa shape index (κ2) is 9.28. The molecule has 0 heterocycles. The van der Waals surface area contributed by atoms with Crippen molar-refractivity contribution in [3.05, 3.63) is 59.7 Å². The number of nitrogens with one attached hydrogen (secondary N) is 2. The molecule has 2 rings (SSSR count). The van der Waals surface area contributed by atoms with Crippen molar-refractivity contribution in [1.29, 1.82) is 0 Å². The van der Waals surface area contributed by atoms with Gasteiger partial charge in [-0.15, -0.1) is 11.8 Å². The molecule has 0 aliphatic rings. The lowest BCUT2D eigenvalue weighted by molar-refractivity contribution is -0.114. The molecule has 0 unspecified atom stereocenters. The molecule has 132 valence electrons. The van der Waals surface area contributed by atoms with Gasteiger partial charge < -0.3 is 10.6 Å². The lowest BCUT2D eigenvalue weighted by Gasteiger charge is -2.08. The van der Waals surface area contributed by atoms with Crippen LogP contribution in [0.2, 0.25) is 0 Å². The maximum Gasteiger partial charge on any atom is 0.234 e. The first-order valence-electron chi connectivity index (χ1n) is 8.28. The van der Waals surface area contributed by atoms with E-state index in [0.717, 1.165) is 5.75 Å². The number of benzene rings is 2. The Morgan fingerprint density at radius 2 is 1.64 bits per heavy atom. The molecular formula is C20H24N2O2S. The molecule has 0 radical (unpaired) electrons. The topological polar surface area (TPSA) is 58.2 Å². The summed E-state index contributed by atoms with van der Waals surface area (Å²) in [6, 6.07) is 15.7. The third kappa shape index (κ3) is 6.63. The monoisotopic (exact) mass is 356 g/mol. The van der Waals surface area contributed by atoms with Crippen molar-refractivity contribution in [3.8, 4) is 0 Å². The number of hydrogen-bond acceptors (Lipinski definition) is 3. The van der Waals surface area contributed by atoms with Crippen LogP contribution in [0.1, 0.15) is 37.8 Å². The first-order chi connectivity index (χ1) is 11.9. The zero-order valence-electron chi connectivity index (χ0n) is 14.8. The predicted molar refractivity (Wildman–Crippen MR) is 106 cm³/mol. The van der Waals surface area contributed by atoms with Crippen molar-refractivity contribution < 1.29 is 9.59 Å². The minimum atomic E-state index is -0.137. The zero-order chi connectivity index (χ0) is 18.2. The van der Waals surface area contributed by atoms with Gasteiger partial charge in [0.05, 0.1) is 5.75 Å². The quantitative estimate of drug-likeness (QED) is 0.760. The Kier molecular flexibility index (Phi) is 7.07. The fraction of sp³-hybridized carbons (Fsp3) is 0.300. The molecule has 2 aromatic carbocycles. The summed E-state index contributed by atoms with van der Waals surface area (Å²) in [6.07, 6.45) is 0. The van der Waals surface area contributed by atoms with Crippen molar-refractivity contribution in [2.75, 3.05) is 16.4 Å². The molecule has 0 aliphatic carbocycles. The summed E-state index contributed by atoms with van der Waals surface area (Å²) in [6.45, 7) is 5.81. The molecule has 0 spiro atoms. The highest BCUT2D eigenvalue weighted by Crippen LogP contribution is 2.19. The van der Waals surface area contributed by atoms with Crippen LogP contribution in [0.25, 0.3) is 0 Å². The van der Waals surface area contributed by atoms with Gasteiger partial charge in [0.1, 0.15) is 0 Å². The van der Waals surface area contributed by atoms with Crippen molar-refractivity contribution >= 4 is 35.0 Å². The van der Waals surface area contributed by atoms with E-state index in [9.17, 15) is 9.59 Å². The van der Waals surface area contributed by atoms with Gasteiger partial charge in [0.25, 0.3) is 0 Å². The fourth-order valence-electron chi connectivity index (χ4n) is 2.34. The lowest BCUT2D eigenvalue weighted by Crippen LogP contribution is -2.14. The van der Waals surface area contributed by atoms with E-state index in [2.05, 4.69) is 48.7 Å². The molecule has 0 fully saturated rings. The van der Waals surface area contributed by atoms with Gasteiger partial charge in [-0.3, -0.25) is 9.59 Å². The van der Waals surface area contributed by atoms with Crippen molar-refractivity contribution in [2.45, 2.75) is 32.4 Å². The van der Waals surface area contributed by atoms with Gasteiger partial charge in [0.15, 0.2) is 0 Å². The molecular weight excluding hydrogens is 332 g/mol. The molecule has 5 heteroatoms. The van der Waals surface area contributed by atoms with Crippen LogP contribution in [0.4, 0.5) is 11.4 Å². The molecule has 0 saturated carbocycles. The predicted octanol–water partition coefficient (Wildman–Crippen LogP) is 4.64. The second-order valence-electron chi connectivity index (χ2n) is 6.20. The van der Waals surface area contributed by atoms with E-state index in [1.807, 2.05) is 0 Å². The van der Waals surface area contributed by atoms with Gasteiger partial charge in [0.2, 0.25) is 11.8 Å². The first kappa shape index (κ1) is 19.1. The molecule has 0 aliphatic heterocycles. The highest BCUT2D eigenvalue weighted by atomic mass is 32.2. The summed E-state index contributed by atoms with van der Waals surface area (Å²) >= 11 is 1.58. The third-order valence-corrected chi connectivity index (χ3v) is 4.62. The number of rotatable bonds is 7. The van der Waals surface area contributed by atoms with Gasteiger partial charge >= 0.3 is 0 Å². The van der Waals surface area contributed by atoms with E-state index in [1.54, 1.807) is 36.0 Å². The van der Waals surface area contributed by atoms with E-state index in [-0.39, 0.29) is 11.8 Å². The Bertz CT molecular complexity index is 727. The van der Waals surface area contributed by atoms with E-state index in [1.165, 1.54) is 18.1 Å². The second-order valence-corrected chi connectivity index (χ2v) is 7.18. The van der Waals surface area contributed by atoms with E-state index in [0.29, 0.717) is 23.0 Å². The summed E-state index contributed by atoms with van der Waals surface area (Å²) in [4.78, 5) is 23.1. The number of amides is 2. The molecule has 0 bridgehead atoms. The normalized spacial score (nSPS) is 10.6. The van der Waals surface area contributed by atoms with Crippen LogP contribution >= 0.6 is 11.8 Å². The van der Waals surface area contributed by atoms with Crippen LogP contribution in [0, 0.1) is 0 Å². The Morgan fingerprint density at radius 3 is 2.24 bits per heavy atom. The number of hydrogen-bond donors (Lipinski definition) is 2. The van der Waals surface area contributed by atoms with Crippen LogP contribution in [0.3, 0.4) is 0 Å². The smallest absolute Gasteiger partial charge is 0.234 e. The van der Waals surface area contributed by atoms with Gasteiger partial charge in [-0.1, -0.05) is 44.2 Å². The number of carbonyl (C=O) groups excluding carboxylic acids is 2. The number of carbonyl (C=O) groups is 2. The summed E-state index contributed by atoms with van der Waals surface area (Å²) in [5, 5.41) is 5.55. The van der Waals surface area contributed by atoms with Gasteiger partial charge in [-0.2, -0.15) is 0 Å². The highest BCUT2D eigenvalue weighted by Gasteiger charge is 2.05. The molecule has 25 heavy (non-hydrogen) atoms. The van der Waals surface area contributed by atoms with Crippen molar-refractivity contribution in [2.24, 2.45) is 0 Å². The van der Waals surface area contributed by atoms with Crippen LogP contribution in [0.15, 0.2) is 48.5 Å². The summed E-state index contributed by atoms with van der Waals surface area (Å²) in [5.41, 5.74) is 3.89. The molecule has 4 nitrogen and oxygen atoms in total. The summed E-state index contributed by atoms with van der Waals surface area (Å²) in [7, 11) is 0. The average molecular weight is 356 g/mol. The van der Waals surface area contributed by atoms with Crippen LogP contribution in [0.5, 0.6) is 0 Å². The highest BCUT2D eigenvalue weighted by molar-refractivity contribution is 7.99. The van der Waals surface area contributed by atoms with Crippen molar-refractivity contribution in [3.63, 3.8) is 0 Å². The number of anilines is 2. The summed E-state index contributed by atoms with van der Waals surface area (Å²) in [5.74, 6) is 1.53. The Labute approximate surface area is 153 Å².